The molecule has 0 atom stereocenters. The fraction of sp³-hybridized carbons (Fsp3) is 0.214. The number of thiocarbonyl (C=S) groups is 1. The van der Waals surface area contributed by atoms with Crippen molar-refractivity contribution in [2.24, 2.45) is 5.73 Å². The molecule has 4 heteroatoms. The van der Waals surface area contributed by atoms with Crippen LogP contribution in [0.2, 0.25) is 0 Å². The van der Waals surface area contributed by atoms with Crippen molar-refractivity contribution in [2.45, 2.75) is 20.5 Å². The number of hydrogen-bond acceptors (Lipinski definition) is 3. The summed E-state index contributed by atoms with van der Waals surface area (Å²) in [7, 11) is 0. The highest BCUT2D eigenvalue weighted by molar-refractivity contribution is 7.80. The number of ether oxygens (including phenoxy) is 1. The van der Waals surface area contributed by atoms with Crippen molar-refractivity contribution < 1.29 is 4.74 Å². The summed E-state index contributed by atoms with van der Waals surface area (Å²) < 4.78 is 5.87. The first kappa shape index (κ1) is 13.1. The summed E-state index contributed by atoms with van der Waals surface area (Å²) >= 11 is 6.69. The van der Waals surface area contributed by atoms with Gasteiger partial charge in [-0.15, -0.1) is 11.3 Å². The molecule has 1 aromatic carbocycles. The van der Waals surface area contributed by atoms with Gasteiger partial charge in [0, 0.05) is 10.4 Å². The van der Waals surface area contributed by atoms with Crippen molar-refractivity contribution in [3.63, 3.8) is 0 Å². The van der Waals surface area contributed by atoms with Gasteiger partial charge in [-0.25, -0.2) is 0 Å². The van der Waals surface area contributed by atoms with Gasteiger partial charge < -0.3 is 10.5 Å². The molecule has 18 heavy (non-hydrogen) atoms. The SMILES string of the molecule is Cc1cc(C(N)=S)cc(C)c1OCc1cccs1. The Bertz CT molecular complexity index is 538. The van der Waals surface area contributed by atoms with Gasteiger partial charge in [-0.1, -0.05) is 18.3 Å². The number of nitrogens with two attached hydrogens (primary N) is 1. The normalized spacial score (nSPS) is 10.3. The Hall–Kier alpha value is -1.39. The van der Waals surface area contributed by atoms with Crippen molar-refractivity contribution in [1.29, 1.82) is 0 Å². The van der Waals surface area contributed by atoms with E-state index in [-0.39, 0.29) is 0 Å². The van der Waals surface area contributed by atoms with Gasteiger partial charge in [0.2, 0.25) is 0 Å². The first-order chi connectivity index (χ1) is 8.58. The molecular formula is C14H15NOS2. The van der Waals surface area contributed by atoms with Crippen LogP contribution < -0.4 is 10.5 Å². The average Bonchev–Trinajstić information content (AvgIpc) is 2.80. The van der Waals surface area contributed by atoms with Gasteiger partial charge in [-0.3, -0.25) is 0 Å². The minimum atomic E-state index is 0.422. The number of aryl methyl sites for hydroxylation is 2. The Balaban J connectivity index is 2.20. The first-order valence-corrected chi connectivity index (χ1v) is 6.93. The van der Waals surface area contributed by atoms with Crippen LogP contribution >= 0.6 is 23.6 Å². The fourth-order valence-electron chi connectivity index (χ4n) is 1.86. The molecule has 0 saturated carbocycles. The molecule has 94 valence electrons. The summed E-state index contributed by atoms with van der Waals surface area (Å²) in [6.45, 7) is 4.63. The molecule has 0 aliphatic heterocycles. The second-order valence-electron chi connectivity index (χ2n) is 4.17. The van der Waals surface area contributed by atoms with E-state index in [1.165, 1.54) is 4.88 Å². The van der Waals surface area contributed by atoms with Gasteiger partial charge in [-0.2, -0.15) is 0 Å². The Kier molecular flexibility index (Phi) is 3.99. The fourth-order valence-corrected chi connectivity index (χ4v) is 2.59. The van der Waals surface area contributed by atoms with Crippen LogP contribution in [-0.4, -0.2) is 4.99 Å². The third-order valence-electron chi connectivity index (χ3n) is 2.68. The van der Waals surface area contributed by atoms with Crippen LogP contribution in [0, 0.1) is 13.8 Å². The standard InChI is InChI=1S/C14H15NOS2/c1-9-6-11(14(15)17)7-10(2)13(9)16-8-12-4-3-5-18-12/h3-7H,8H2,1-2H3,(H2,15,17). The lowest BCUT2D eigenvalue weighted by Crippen LogP contribution is -2.10. The summed E-state index contributed by atoms with van der Waals surface area (Å²) in [5.74, 6) is 0.920. The van der Waals surface area contributed by atoms with Crippen molar-refractivity contribution in [1.82, 2.24) is 0 Å². The summed E-state index contributed by atoms with van der Waals surface area (Å²) in [5.41, 5.74) is 8.67. The zero-order chi connectivity index (χ0) is 13.1. The van der Waals surface area contributed by atoms with Crippen molar-refractivity contribution in [3.05, 3.63) is 51.2 Å². The number of benzene rings is 1. The van der Waals surface area contributed by atoms with Gasteiger partial charge in [0.25, 0.3) is 0 Å². The van der Waals surface area contributed by atoms with E-state index in [0.717, 1.165) is 22.4 Å². The lowest BCUT2D eigenvalue weighted by molar-refractivity contribution is 0.305. The summed E-state index contributed by atoms with van der Waals surface area (Å²) in [6, 6.07) is 8.04. The molecule has 0 spiro atoms. The first-order valence-electron chi connectivity index (χ1n) is 5.64. The molecule has 1 aromatic heterocycles. The second kappa shape index (κ2) is 5.50. The van der Waals surface area contributed by atoms with E-state index in [2.05, 4.69) is 6.07 Å². The predicted octanol–water partition coefficient (Wildman–Crippen LogP) is 3.58. The van der Waals surface area contributed by atoms with E-state index in [0.29, 0.717) is 11.6 Å². The van der Waals surface area contributed by atoms with Crippen molar-refractivity contribution in [2.75, 3.05) is 0 Å². The second-order valence-corrected chi connectivity index (χ2v) is 5.64. The smallest absolute Gasteiger partial charge is 0.125 e. The zero-order valence-corrected chi connectivity index (χ0v) is 12.0. The zero-order valence-electron chi connectivity index (χ0n) is 10.4. The minimum absolute atomic E-state index is 0.422. The molecule has 0 amide bonds. The van der Waals surface area contributed by atoms with Gasteiger partial charge in [0.05, 0.1) is 0 Å². The molecule has 0 unspecified atom stereocenters. The molecule has 0 aliphatic carbocycles. The van der Waals surface area contributed by atoms with E-state index < -0.39 is 0 Å². The van der Waals surface area contributed by atoms with Gasteiger partial charge in [0.1, 0.15) is 17.3 Å². The highest BCUT2D eigenvalue weighted by Gasteiger charge is 2.08. The van der Waals surface area contributed by atoms with Crippen LogP contribution in [0.3, 0.4) is 0 Å². The summed E-state index contributed by atoms with van der Waals surface area (Å²) in [6.07, 6.45) is 0. The van der Waals surface area contributed by atoms with Gasteiger partial charge in [-0.05, 0) is 48.6 Å². The lowest BCUT2D eigenvalue weighted by Gasteiger charge is -2.13. The van der Waals surface area contributed by atoms with Gasteiger partial charge in [0.15, 0.2) is 0 Å². The monoisotopic (exact) mass is 277 g/mol. The molecule has 2 aromatic rings. The van der Waals surface area contributed by atoms with Crippen LogP contribution in [0.5, 0.6) is 5.75 Å². The Morgan fingerprint density at radius 3 is 2.50 bits per heavy atom. The molecule has 2 rings (SSSR count). The van der Waals surface area contributed by atoms with E-state index in [4.69, 9.17) is 22.7 Å². The van der Waals surface area contributed by atoms with Crippen LogP contribution in [0.4, 0.5) is 0 Å². The third-order valence-corrected chi connectivity index (χ3v) is 3.77. The van der Waals surface area contributed by atoms with E-state index in [9.17, 15) is 0 Å². The Labute approximate surface area is 116 Å². The lowest BCUT2D eigenvalue weighted by atomic mass is 10.1. The third kappa shape index (κ3) is 2.89. The largest absolute Gasteiger partial charge is 0.488 e. The van der Waals surface area contributed by atoms with Crippen LogP contribution in [0.15, 0.2) is 29.6 Å². The maximum Gasteiger partial charge on any atom is 0.125 e. The van der Waals surface area contributed by atoms with Crippen LogP contribution in [0.1, 0.15) is 21.6 Å². The van der Waals surface area contributed by atoms with E-state index in [1.54, 1.807) is 11.3 Å². The molecule has 1 heterocycles. The van der Waals surface area contributed by atoms with E-state index in [1.807, 2.05) is 37.4 Å². The molecule has 2 nitrogen and oxygen atoms in total. The maximum absolute atomic E-state index is 5.87. The number of rotatable bonds is 4. The minimum Gasteiger partial charge on any atom is -0.488 e. The molecular weight excluding hydrogens is 262 g/mol. The van der Waals surface area contributed by atoms with Crippen molar-refractivity contribution in [3.8, 4) is 5.75 Å². The summed E-state index contributed by atoms with van der Waals surface area (Å²) in [5, 5.41) is 2.05. The highest BCUT2D eigenvalue weighted by Crippen LogP contribution is 2.26. The molecule has 0 saturated heterocycles. The summed E-state index contributed by atoms with van der Waals surface area (Å²) in [4.78, 5) is 1.64. The van der Waals surface area contributed by atoms with Crippen LogP contribution in [0.25, 0.3) is 0 Å². The van der Waals surface area contributed by atoms with Crippen LogP contribution in [-0.2, 0) is 6.61 Å². The molecule has 0 aliphatic rings. The van der Waals surface area contributed by atoms with Crippen molar-refractivity contribution >= 4 is 28.5 Å². The average molecular weight is 277 g/mol. The molecule has 0 bridgehead atoms. The number of thiophene rings is 1. The topological polar surface area (TPSA) is 35.2 Å². The van der Waals surface area contributed by atoms with E-state index >= 15 is 0 Å². The molecule has 2 N–H and O–H groups in total. The maximum atomic E-state index is 5.87. The Morgan fingerprint density at radius 1 is 1.33 bits per heavy atom. The predicted molar refractivity (Wildman–Crippen MR) is 80.5 cm³/mol. The van der Waals surface area contributed by atoms with Gasteiger partial charge >= 0.3 is 0 Å². The molecule has 0 fully saturated rings. The molecule has 0 radical (unpaired) electrons. The highest BCUT2D eigenvalue weighted by atomic mass is 32.1. The number of hydrogen-bond donors (Lipinski definition) is 1. The Morgan fingerprint density at radius 2 is 2.00 bits per heavy atom. The quantitative estimate of drug-likeness (QED) is 0.868.